The van der Waals surface area contributed by atoms with Crippen LogP contribution in [-0.4, -0.2) is 76.3 Å². The lowest BCUT2D eigenvalue weighted by Gasteiger charge is -2.35. The van der Waals surface area contributed by atoms with Gasteiger partial charge in [0.25, 0.3) is 0 Å². The van der Waals surface area contributed by atoms with E-state index in [4.69, 9.17) is 19.8 Å². The third kappa shape index (κ3) is 7.23. The van der Waals surface area contributed by atoms with E-state index in [0.717, 1.165) is 44.8 Å². The van der Waals surface area contributed by atoms with E-state index in [-0.39, 0.29) is 6.10 Å². The number of nitrogens with zero attached hydrogens (tertiary/aromatic N) is 2. The van der Waals surface area contributed by atoms with E-state index in [9.17, 15) is 5.11 Å². The molecule has 1 aromatic rings. The van der Waals surface area contributed by atoms with E-state index in [0.29, 0.717) is 0 Å². The van der Waals surface area contributed by atoms with Crippen LogP contribution in [-0.2, 0) is 9.59 Å². The zero-order chi connectivity index (χ0) is 17.2. The molecule has 7 nitrogen and oxygen atoms in total. The Morgan fingerprint density at radius 3 is 1.91 bits per heavy atom. The molecule has 0 radical (unpaired) electrons. The lowest BCUT2D eigenvalue weighted by atomic mass is 10.1. The van der Waals surface area contributed by atoms with E-state index < -0.39 is 11.9 Å². The van der Waals surface area contributed by atoms with E-state index in [1.165, 1.54) is 0 Å². The Morgan fingerprint density at radius 1 is 1.00 bits per heavy atom. The van der Waals surface area contributed by atoms with Crippen molar-refractivity contribution in [1.29, 1.82) is 0 Å². The normalized spacial score (nSPS) is 17.0. The molecule has 1 aliphatic rings. The third-order valence-corrected chi connectivity index (χ3v) is 3.71. The molecule has 128 valence electrons. The average Bonchev–Trinajstić information content (AvgIpc) is 2.57. The van der Waals surface area contributed by atoms with E-state index in [1.807, 2.05) is 30.3 Å². The molecular weight excluding hydrogens is 300 g/mol. The molecule has 3 N–H and O–H groups in total. The molecule has 7 heteroatoms. The maximum atomic E-state index is 10.1. The molecule has 0 bridgehead atoms. The molecule has 0 saturated carbocycles. The van der Waals surface area contributed by atoms with Crippen LogP contribution in [0.15, 0.2) is 30.3 Å². The maximum absolute atomic E-state index is 10.1. The van der Waals surface area contributed by atoms with Crippen molar-refractivity contribution in [1.82, 2.24) is 9.80 Å². The number of carboxylic acid groups (broad SMARTS) is 2. The van der Waals surface area contributed by atoms with Gasteiger partial charge in [-0.2, -0.15) is 0 Å². The van der Waals surface area contributed by atoms with Crippen molar-refractivity contribution in [2.45, 2.75) is 13.0 Å². The topological polar surface area (TPSA) is 101 Å². The van der Waals surface area contributed by atoms with E-state index in [2.05, 4.69) is 16.7 Å². The predicted molar refractivity (Wildman–Crippen MR) is 85.2 cm³/mol. The summed E-state index contributed by atoms with van der Waals surface area (Å²) in [6.45, 7) is 8.47. The Labute approximate surface area is 135 Å². The Morgan fingerprint density at radius 2 is 1.48 bits per heavy atom. The number of hydrogen-bond donors (Lipinski definition) is 3. The highest BCUT2D eigenvalue weighted by atomic mass is 16.4. The highest BCUT2D eigenvalue weighted by Gasteiger charge is 2.18. The van der Waals surface area contributed by atoms with Crippen molar-refractivity contribution in [2.24, 2.45) is 0 Å². The smallest absolute Gasteiger partial charge is 0.414 e. The van der Waals surface area contributed by atoms with Crippen LogP contribution in [0.1, 0.15) is 18.6 Å². The second kappa shape index (κ2) is 9.94. The van der Waals surface area contributed by atoms with Gasteiger partial charge >= 0.3 is 11.9 Å². The largest absolute Gasteiger partial charge is 0.473 e. The molecule has 0 aliphatic carbocycles. The fourth-order valence-electron chi connectivity index (χ4n) is 2.31. The number of benzene rings is 1. The fourth-order valence-corrected chi connectivity index (χ4v) is 2.31. The Hall–Kier alpha value is -1.96. The molecule has 1 fully saturated rings. The molecule has 1 heterocycles. The van der Waals surface area contributed by atoms with Gasteiger partial charge in [0.05, 0.1) is 6.10 Å². The lowest BCUT2D eigenvalue weighted by molar-refractivity contribution is -0.159. The molecule has 1 aliphatic heterocycles. The summed E-state index contributed by atoms with van der Waals surface area (Å²) in [5, 5.41) is 24.9. The molecule has 1 saturated heterocycles. The van der Waals surface area contributed by atoms with Crippen LogP contribution in [0.2, 0.25) is 0 Å². The zero-order valence-corrected chi connectivity index (χ0v) is 13.3. The molecule has 0 amide bonds. The third-order valence-electron chi connectivity index (χ3n) is 3.71. The van der Waals surface area contributed by atoms with Gasteiger partial charge < -0.3 is 20.2 Å². The summed E-state index contributed by atoms with van der Waals surface area (Å²) in [7, 11) is 0. The molecular formula is C16H24N2O5. The van der Waals surface area contributed by atoms with Gasteiger partial charge in [-0.05, 0) is 12.1 Å². The molecule has 1 atom stereocenters. The van der Waals surface area contributed by atoms with Crippen LogP contribution in [0, 0.1) is 0 Å². The van der Waals surface area contributed by atoms with Crippen molar-refractivity contribution in [3.8, 4) is 0 Å². The van der Waals surface area contributed by atoms with Gasteiger partial charge in [-0.1, -0.05) is 37.3 Å². The Kier molecular flexibility index (Phi) is 8.25. The highest BCUT2D eigenvalue weighted by molar-refractivity contribution is 6.27. The van der Waals surface area contributed by atoms with Crippen LogP contribution in [0.5, 0.6) is 0 Å². The first-order valence-corrected chi connectivity index (χ1v) is 7.58. The fraction of sp³-hybridized carbons (Fsp3) is 0.500. The van der Waals surface area contributed by atoms with Gasteiger partial charge in [-0.15, -0.1) is 0 Å². The van der Waals surface area contributed by atoms with Gasteiger partial charge in [0.2, 0.25) is 0 Å². The van der Waals surface area contributed by atoms with Crippen LogP contribution in [0.25, 0.3) is 0 Å². The minimum Gasteiger partial charge on any atom is -0.473 e. The van der Waals surface area contributed by atoms with Crippen LogP contribution < -0.4 is 0 Å². The lowest BCUT2D eigenvalue weighted by Crippen LogP contribution is -2.47. The first kappa shape index (κ1) is 19.1. The van der Waals surface area contributed by atoms with Crippen LogP contribution in [0.3, 0.4) is 0 Å². The number of hydrogen-bond acceptors (Lipinski definition) is 5. The first-order chi connectivity index (χ1) is 10.9. The van der Waals surface area contributed by atoms with Gasteiger partial charge in [-0.3, -0.25) is 4.90 Å². The summed E-state index contributed by atoms with van der Waals surface area (Å²) >= 11 is 0. The van der Waals surface area contributed by atoms with Crippen molar-refractivity contribution in [3.05, 3.63) is 35.9 Å². The number of rotatable bonds is 4. The number of aliphatic hydroxyl groups excluding tert-OH is 1. The minimum absolute atomic E-state index is 0.357. The number of piperazine rings is 1. The summed E-state index contributed by atoms with van der Waals surface area (Å²) < 4.78 is 0. The number of carboxylic acids is 2. The SMILES string of the molecule is CCN1CCN(CC(O)c2ccccc2)CC1.O=C(O)C(=O)O. The summed E-state index contributed by atoms with van der Waals surface area (Å²) in [5.74, 6) is -3.65. The summed E-state index contributed by atoms with van der Waals surface area (Å²) in [6, 6.07) is 9.93. The van der Waals surface area contributed by atoms with Crippen molar-refractivity contribution >= 4 is 11.9 Å². The second-order valence-corrected chi connectivity index (χ2v) is 5.27. The van der Waals surface area contributed by atoms with E-state index in [1.54, 1.807) is 0 Å². The highest BCUT2D eigenvalue weighted by Crippen LogP contribution is 2.14. The van der Waals surface area contributed by atoms with Crippen molar-refractivity contribution in [2.75, 3.05) is 39.3 Å². The number of likely N-dealkylation sites (N-methyl/N-ethyl adjacent to an activating group) is 1. The number of β-amino-alcohol motifs (C(OH)–C–C–N with tert-alkyl or cyclic N) is 1. The number of carbonyl (C=O) groups is 2. The Balaban J connectivity index is 0.000000379. The quantitative estimate of drug-likeness (QED) is 0.694. The van der Waals surface area contributed by atoms with Crippen molar-refractivity contribution < 1.29 is 24.9 Å². The first-order valence-electron chi connectivity index (χ1n) is 7.58. The summed E-state index contributed by atoms with van der Waals surface area (Å²) in [6.07, 6.45) is -0.357. The summed E-state index contributed by atoms with van der Waals surface area (Å²) in [4.78, 5) is 23.0. The standard InChI is InChI=1S/C14H22N2O.C2H2O4/c1-2-15-8-10-16(11-9-15)12-14(17)13-6-4-3-5-7-13;3-1(4)2(5)6/h3-7,14,17H,2,8-12H2,1H3;(H,3,4)(H,5,6). The number of aliphatic hydroxyl groups is 1. The number of aliphatic carboxylic acids is 2. The average molecular weight is 324 g/mol. The van der Waals surface area contributed by atoms with Crippen LogP contribution >= 0.6 is 0 Å². The van der Waals surface area contributed by atoms with E-state index >= 15 is 0 Å². The summed E-state index contributed by atoms with van der Waals surface area (Å²) in [5.41, 5.74) is 1.02. The van der Waals surface area contributed by atoms with Gasteiger partial charge in [0.15, 0.2) is 0 Å². The monoisotopic (exact) mass is 324 g/mol. The van der Waals surface area contributed by atoms with Gasteiger partial charge in [0.1, 0.15) is 0 Å². The Bertz CT molecular complexity index is 475. The van der Waals surface area contributed by atoms with Crippen LogP contribution in [0.4, 0.5) is 0 Å². The molecule has 0 spiro atoms. The molecule has 1 aromatic carbocycles. The molecule has 2 rings (SSSR count). The maximum Gasteiger partial charge on any atom is 0.414 e. The molecule has 23 heavy (non-hydrogen) atoms. The van der Waals surface area contributed by atoms with Crippen molar-refractivity contribution in [3.63, 3.8) is 0 Å². The van der Waals surface area contributed by atoms with Gasteiger partial charge in [-0.25, -0.2) is 9.59 Å². The van der Waals surface area contributed by atoms with Gasteiger partial charge in [0, 0.05) is 32.7 Å². The molecule has 1 unspecified atom stereocenters. The minimum atomic E-state index is -1.82. The predicted octanol–water partition coefficient (Wildman–Crippen LogP) is 0.513. The zero-order valence-electron chi connectivity index (χ0n) is 13.3. The second-order valence-electron chi connectivity index (χ2n) is 5.27. The molecule has 0 aromatic heterocycles.